The van der Waals surface area contributed by atoms with E-state index in [0.717, 1.165) is 16.6 Å². The maximum atomic E-state index is 5.96. The monoisotopic (exact) mass is 381 g/mol. The summed E-state index contributed by atoms with van der Waals surface area (Å²) in [5.41, 5.74) is 8.33. The predicted octanol–water partition coefficient (Wildman–Crippen LogP) is 1.23. The Kier molecular flexibility index (Phi) is 3.42. The second-order valence-corrected chi connectivity index (χ2v) is 3.81. The third-order valence-electron chi connectivity index (χ3n) is 2.09. The summed E-state index contributed by atoms with van der Waals surface area (Å²) in [5.74, 6) is 0. The Morgan fingerprint density at radius 2 is 2.44 bits per heavy atom. The minimum atomic E-state index is 0.688. The first-order chi connectivity index (χ1) is 7.83. The van der Waals surface area contributed by atoms with Crippen LogP contribution in [0.1, 0.15) is 5.69 Å². The van der Waals surface area contributed by atoms with Gasteiger partial charge in [-0.05, 0) is 0 Å². The van der Waals surface area contributed by atoms with Gasteiger partial charge in [0.1, 0.15) is 0 Å². The normalized spacial score (nSPS) is 11.8. The topological polar surface area (TPSA) is 67.1 Å². The number of nitrogen functional groups attached to an aromatic ring is 1. The number of allylic oxidation sites excluding steroid dienone is 1. The number of pyridine rings is 1. The van der Waals surface area contributed by atoms with E-state index in [1.807, 2.05) is 6.07 Å². The van der Waals surface area contributed by atoms with Crippen LogP contribution >= 0.6 is 0 Å². The summed E-state index contributed by atoms with van der Waals surface area (Å²) in [4.78, 5) is 11.1. The molecule has 2 aromatic heterocycles. The quantitative estimate of drug-likeness (QED) is 0.621. The Bertz CT molecular complexity index is 568. The van der Waals surface area contributed by atoms with Crippen LogP contribution < -0.4 is 5.73 Å². The van der Waals surface area contributed by atoms with Crippen molar-refractivity contribution in [3.05, 3.63) is 36.3 Å². The number of aromatic nitrogens is 2. The molecule has 16 heavy (non-hydrogen) atoms. The van der Waals surface area contributed by atoms with Crippen molar-refractivity contribution in [1.29, 1.82) is 0 Å². The molecule has 3 N–H and O–H groups in total. The number of H-pyrrole nitrogens is 1. The number of nitrogens with two attached hydrogens (primary N) is 1. The number of aliphatic imine (C=N–C) groups is 1. The van der Waals surface area contributed by atoms with Gasteiger partial charge in [-0.2, -0.15) is 0 Å². The van der Waals surface area contributed by atoms with E-state index >= 15 is 0 Å². The van der Waals surface area contributed by atoms with Crippen LogP contribution in [0.25, 0.3) is 10.9 Å². The Balaban J connectivity index is 2.38. The zero-order valence-electron chi connectivity index (χ0n) is 8.34. The second kappa shape index (κ2) is 4.99. The average Bonchev–Trinajstić information content (AvgIpc) is 2.63. The van der Waals surface area contributed by atoms with Gasteiger partial charge in [0.05, 0.1) is 0 Å². The SMILES string of the molecule is Nc1c([C-]=CC=N[CH]=[W])[nH]c2cnccc12. The number of aromatic amines is 1. The van der Waals surface area contributed by atoms with Crippen LogP contribution in [-0.4, -0.2) is 20.7 Å². The number of hydrogen-bond donors (Lipinski definition) is 2. The first kappa shape index (κ1) is 11.0. The van der Waals surface area contributed by atoms with Gasteiger partial charge in [0, 0.05) is 0 Å². The van der Waals surface area contributed by atoms with Crippen LogP contribution in [0, 0.1) is 6.08 Å². The number of nitrogens with zero attached hydrogens (tertiary/aromatic N) is 2. The Morgan fingerprint density at radius 1 is 1.56 bits per heavy atom. The van der Waals surface area contributed by atoms with Crippen molar-refractivity contribution >= 4 is 27.3 Å². The van der Waals surface area contributed by atoms with E-state index in [2.05, 4.69) is 21.0 Å². The van der Waals surface area contributed by atoms with Crippen LogP contribution in [0.2, 0.25) is 0 Å². The molecule has 0 unspecified atom stereocenters. The third-order valence-corrected chi connectivity index (χ3v) is 2.53. The van der Waals surface area contributed by atoms with Crippen LogP contribution in [0.4, 0.5) is 5.69 Å². The molecular formula is C11H9N4W-. The van der Waals surface area contributed by atoms with Gasteiger partial charge in [0.15, 0.2) is 0 Å². The molecule has 5 heteroatoms. The number of hydrogen-bond acceptors (Lipinski definition) is 3. The van der Waals surface area contributed by atoms with E-state index in [1.54, 1.807) is 29.2 Å². The maximum absolute atomic E-state index is 5.96. The van der Waals surface area contributed by atoms with E-state index in [1.165, 1.54) is 19.4 Å². The number of fused-ring (bicyclic) bond motifs is 1. The van der Waals surface area contributed by atoms with Gasteiger partial charge < -0.3 is 0 Å². The van der Waals surface area contributed by atoms with E-state index in [-0.39, 0.29) is 0 Å². The molecule has 0 amide bonds. The molecule has 0 saturated carbocycles. The zero-order valence-corrected chi connectivity index (χ0v) is 11.3. The van der Waals surface area contributed by atoms with Gasteiger partial charge >= 0.3 is 104 Å². The van der Waals surface area contributed by atoms with Gasteiger partial charge in [0.2, 0.25) is 0 Å². The molecule has 0 saturated heterocycles. The molecule has 0 aromatic carbocycles. The fraction of sp³-hybridized carbons (Fsp3) is 0. The fourth-order valence-corrected chi connectivity index (χ4v) is 1.63. The first-order valence-corrected chi connectivity index (χ1v) is 6.28. The van der Waals surface area contributed by atoms with Crippen LogP contribution in [-0.2, 0) is 19.4 Å². The summed E-state index contributed by atoms with van der Waals surface area (Å²) in [6.07, 6.45) is 9.91. The van der Waals surface area contributed by atoms with Crippen LogP contribution in [0.15, 0.2) is 29.5 Å². The molecule has 0 aliphatic carbocycles. The van der Waals surface area contributed by atoms with E-state index in [9.17, 15) is 0 Å². The average molecular weight is 381 g/mol. The van der Waals surface area contributed by atoms with E-state index in [0.29, 0.717) is 5.69 Å². The Morgan fingerprint density at radius 3 is 3.19 bits per heavy atom. The number of nitrogens with one attached hydrogen (secondary N) is 1. The van der Waals surface area contributed by atoms with Gasteiger partial charge in [0.25, 0.3) is 0 Å². The molecule has 0 spiro atoms. The molecular weight excluding hydrogens is 372 g/mol. The number of rotatable bonds is 3. The molecule has 2 aromatic rings. The van der Waals surface area contributed by atoms with Gasteiger partial charge in [-0.25, -0.2) is 0 Å². The molecule has 80 valence electrons. The fourth-order valence-electron chi connectivity index (χ4n) is 1.38. The Labute approximate surface area is 104 Å². The summed E-state index contributed by atoms with van der Waals surface area (Å²) in [7, 11) is 0. The van der Waals surface area contributed by atoms with Crippen molar-refractivity contribution < 1.29 is 19.4 Å². The predicted molar refractivity (Wildman–Crippen MR) is 62.0 cm³/mol. The molecule has 0 bridgehead atoms. The summed E-state index contributed by atoms with van der Waals surface area (Å²) >= 11 is 1.32. The minimum absolute atomic E-state index is 0.688. The van der Waals surface area contributed by atoms with Gasteiger partial charge in [-0.15, -0.1) is 0 Å². The first-order valence-electron chi connectivity index (χ1n) is 4.59. The van der Waals surface area contributed by atoms with Crippen LogP contribution in [0.3, 0.4) is 0 Å². The van der Waals surface area contributed by atoms with E-state index in [4.69, 9.17) is 5.73 Å². The molecule has 0 aliphatic heterocycles. The van der Waals surface area contributed by atoms with Crippen molar-refractivity contribution in [2.24, 2.45) is 4.99 Å². The van der Waals surface area contributed by atoms with Crippen molar-refractivity contribution in [2.75, 3.05) is 5.73 Å². The van der Waals surface area contributed by atoms with Crippen molar-refractivity contribution in [2.45, 2.75) is 0 Å². The van der Waals surface area contributed by atoms with E-state index < -0.39 is 0 Å². The van der Waals surface area contributed by atoms with Gasteiger partial charge in [-0.3, -0.25) is 0 Å². The molecule has 0 radical (unpaired) electrons. The zero-order chi connectivity index (χ0) is 11.4. The summed E-state index contributed by atoms with van der Waals surface area (Å²) < 4.78 is 1.79. The molecule has 0 fully saturated rings. The van der Waals surface area contributed by atoms with Gasteiger partial charge in [-0.1, -0.05) is 0 Å². The third kappa shape index (κ3) is 2.17. The molecule has 2 heterocycles. The second-order valence-electron chi connectivity index (χ2n) is 3.05. The van der Waals surface area contributed by atoms with Crippen LogP contribution in [0.5, 0.6) is 0 Å². The molecule has 4 nitrogen and oxygen atoms in total. The number of anilines is 1. The molecule has 2 rings (SSSR count). The van der Waals surface area contributed by atoms with Crippen molar-refractivity contribution in [3.8, 4) is 0 Å². The molecule has 0 aliphatic rings. The van der Waals surface area contributed by atoms with Crippen molar-refractivity contribution in [3.63, 3.8) is 0 Å². The summed E-state index contributed by atoms with van der Waals surface area (Å²) in [5, 5.41) is 0.967. The Hall–Kier alpha value is -1.54. The molecule has 0 atom stereocenters. The standard InChI is InChI=1S/C11H9N4.W/c1-13-5-2-3-9-11(12)8-4-6-14-7-10(8)15-9;/h1-2,4-7,15H,12H2;/q-1;. The summed E-state index contributed by atoms with van der Waals surface area (Å²) in [6, 6.07) is 1.88. The van der Waals surface area contributed by atoms with Crippen molar-refractivity contribution in [1.82, 2.24) is 9.97 Å². The summed E-state index contributed by atoms with van der Waals surface area (Å²) in [6.45, 7) is 0.